The molecule has 2 N–H and O–H groups in total. The van der Waals surface area contributed by atoms with Crippen LogP contribution in [0, 0.1) is 0 Å². The van der Waals surface area contributed by atoms with E-state index in [0.29, 0.717) is 25.6 Å². The largest absolute Gasteiger partial charge is 0.378 e. The Balaban J connectivity index is 2.41. The van der Waals surface area contributed by atoms with Crippen LogP contribution in [0.2, 0.25) is 0 Å². The van der Waals surface area contributed by atoms with Gasteiger partial charge in [0.2, 0.25) is 0 Å². The molecule has 7 heteroatoms. The van der Waals surface area contributed by atoms with E-state index < -0.39 is 0 Å². The molecule has 0 radical (unpaired) electrons. The van der Waals surface area contributed by atoms with E-state index in [2.05, 4.69) is 25.5 Å². The summed E-state index contributed by atoms with van der Waals surface area (Å²) >= 11 is 0. The van der Waals surface area contributed by atoms with Crippen molar-refractivity contribution in [1.82, 2.24) is 14.9 Å². The third-order valence-electron chi connectivity index (χ3n) is 2.64. The van der Waals surface area contributed by atoms with Gasteiger partial charge in [-0.2, -0.15) is 0 Å². The molecular weight excluding hydrogens is 270 g/mol. The van der Waals surface area contributed by atoms with Crippen LogP contribution in [0.25, 0.3) is 0 Å². The molecule has 1 heterocycles. The lowest BCUT2D eigenvalue weighted by Crippen LogP contribution is -2.20. The summed E-state index contributed by atoms with van der Waals surface area (Å²) in [5, 5.41) is 6.43. The van der Waals surface area contributed by atoms with Crippen molar-refractivity contribution >= 4 is 11.6 Å². The Kier molecular flexibility index (Phi) is 8.65. The fourth-order valence-corrected chi connectivity index (χ4v) is 1.65. The van der Waals surface area contributed by atoms with Gasteiger partial charge in [-0.25, -0.2) is 9.97 Å². The number of anilines is 2. The normalized spacial score (nSPS) is 10.9. The van der Waals surface area contributed by atoms with E-state index in [0.717, 1.165) is 31.3 Å². The van der Waals surface area contributed by atoms with Gasteiger partial charge < -0.3 is 25.0 Å². The molecule has 0 amide bonds. The van der Waals surface area contributed by atoms with Gasteiger partial charge in [0, 0.05) is 32.8 Å². The van der Waals surface area contributed by atoms with Gasteiger partial charge in [-0.3, -0.25) is 0 Å². The highest BCUT2D eigenvalue weighted by atomic mass is 16.5. The maximum atomic E-state index is 5.53. The van der Waals surface area contributed by atoms with Gasteiger partial charge in [-0.15, -0.1) is 0 Å². The van der Waals surface area contributed by atoms with Crippen LogP contribution in [-0.4, -0.2) is 68.9 Å². The molecule has 0 unspecified atom stereocenters. The van der Waals surface area contributed by atoms with Gasteiger partial charge in [0.15, 0.2) is 5.82 Å². The standard InChI is InChI=1S/C14H27N5O2/c1-5-15-12-10-13(18-14(17-12)11-20-4)16-6-8-21-9-7-19(2)3/h10H,5-9,11H2,1-4H3,(H2,15,16,17,18). The van der Waals surface area contributed by atoms with E-state index in [9.17, 15) is 0 Å². The highest BCUT2D eigenvalue weighted by Gasteiger charge is 2.04. The summed E-state index contributed by atoms with van der Waals surface area (Å²) in [6.07, 6.45) is 0. The highest BCUT2D eigenvalue weighted by molar-refractivity contribution is 5.47. The quantitative estimate of drug-likeness (QED) is 0.591. The van der Waals surface area contributed by atoms with Gasteiger partial charge in [0.05, 0.1) is 13.2 Å². The lowest BCUT2D eigenvalue weighted by atomic mass is 10.4. The summed E-state index contributed by atoms with van der Waals surface area (Å²) in [7, 11) is 5.69. The molecule has 0 atom stereocenters. The average molecular weight is 297 g/mol. The minimum absolute atomic E-state index is 0.396. The predicted molar refractivity (Wildman–Crippen MR) is 84.8 cm³/mol. The van der Waals surface area contributed by atoms with Crippen molar-refractivity contribution in [2.45, 2.75) is 13.5 Å². The molecule has 0 aliphatic rings. The molecule has 0 aliphatic heterocycles. The molecule has 7 nitrogen and oxygen atoms in total. The maximum absolute atomic E-state index is 5.53. The first-order valence-electron chi connectivity index (χ1n) is 7.22. The topological polar surface area (TPSA) is 71.5 Å². The first-order valence-corrected chi connectivity index (χ1v) is 7.22. The van der Waals surface area contributed by atoms with Crippen LogP contribution < -0.4 is 10.6 Å². The Morgan fingerprint density at radius 2 is 1.86 bits per heavy atom. The summed E-state index contributed by atoms with van der Waals surface area (Å²) in [4.78, 5) is 10.9. The molecule has 0 saturated heterocycles. The van der Waals surface area contributed by atoms with Crippen molar-refractivity contribution in [3.63, 3.8) is 0 Å². The molecular formula is C14H27N5O2. The Morgan fingerprint density at radius 1 is 1.14 bits per heavy atom. The molecule has 0 fully saturated rings. The number of methoxy groups -OCH3 is 1. The Morgan fingerprint density at radius 3 is 2.48 bits per heavy atom. The van der Waals surface area contributed by atoms with Crippen molar-refractivity contribution in [2.24, 2.45) is 0 Å². The number of rotatable bonds is 11. The van der Waals surface area contributed by atoms with Crippen LogP contribution in [0.4, 0.5) is 11.6 Å². The van der Waals surface area contributed by atoms with Crippen LogP contribution in [0.3, 0.4) is 0 Å². The highest BCUT2D eigenvalue weighted by Crippen LogP contribution is 2.11. The van der Waals surface area contributed by atoms with Crippen molar-refractivity contribution in [3.8, 4) is 0 Å². The fraction of sp³-hybridized carbons (Fsp3) is 0.714. The molecule has 0 saturated carbocycles. The first-order chi connectivity index (χ1) is 10.2. The number of likely N-dealkylation sites (N-methyl/N-ethyl adjacent to an activating group) is 1. The molecule has 0 aliphatic carbocycles. The summed E-state index contributed by atoms with van der Waals surface area (Å²) < 4.78 is 10.6. The van der Waals surface area contributed by atoms with Crippen LogP contribution >= 0.6 is 0 Å². The second-order valence-corrected chi connectivity index (χ2v) is 4.86. The summed E-state index contributed by atoms with van der Waals surface area (Å²) in [5.74, 6) is 2.24. The van der Waals surface area contributed by atoms with Gasteiger partial charge in [-0.05, 0) is 21.0 Å². The number of ether oxygens (including phenoxy) is 2. The lowest BCUT2D eigenvalue weighted by Gasteiger charge is -2.12. The minimum atomic E-state index is 0.396. The Labute approximate surface area is 127 Å². The Bertz CT molecular complexity index is 377. The van der Waals surface area contributed by atoms with Crippen LogP contribution in [-0.2, 0) is 16.1 Å². The van der Waals surface area contributed by atoms with Gasteiger partial charge in [0.25, 0.3) is 0 Å². The average Bonchev–Trinajstić information content (AvgIpc) is 2.43. The monoisotopic (exact) mass is 297 g/mol. The second kappa shape index (κ2) is 10.3. The van der Waals surface area contributed by atoms with Crippen LogP contribution in [0.15, 0.2) is 6.07 Å². The molecule has 120 valence electrons. The van der Waals surface area contributed by atoms with Crippen molar-refractivity contribution < 1.29 is 9.47 Å². The van der Waals surface area contributed by atoms with Gasteiger partial charge in [0.1, 0.15) is 18.2 Å². The molecule has 1 aromatic heterocycles. The minimum Gasteiger partial charge on any atom is -0.378 e. The van der Waals surface area contributed by atoms with Crippen LogP contribution in [0.5, 0.6) is 0 Å². The molecule has 21 heavy (non-hydrogen) atoms. The zero-order valence-corrected chi connectivity index (χ0v) is 13.5. The Hall–Kier alpha value is -1.44. The lowest BCUT2D eigenvalue weighted by molar-refractivity contribution is 0.126. The van der Waals surface area contributed by atoms with E-state index in [1.165, 1.54) is 0 Å². The SMILES string of the molecule is CCNc1cc(NCCOCCN(C)C)nc(COC)n1. The molecule has 0 aromatic carbocycles. The van der Waals surface area contributed by atoms with E-state index in [1.54, 1.807) is 7.11 Å². The zero-order valence-electron chi connectivity index (χ0n) is 13.5. The van der Waals surface area contributed by atoms with E-state index in [-0.39, 0.29) is 0 Å². The first kappa shape index (κ1) is 17.6. The van der Waals surface area contributed by atoms with Gasteiger partial charge >= 0.3 is 0 Å². The third-order valence-corrected chi connectivity index (χ3v) is 2.64. The smallest absolute Gasteiger partial charge is 0.158 e. The summed E-state index contributed by atoms with van der Waals surface area (Å²) in [6, 6.07) is 1.89. The van der Waals surface area contributed by atoms with E-state index >= 15 is 0 Å². The maximum Gasteiger partial charge on any atom is 0.158 e. The molecule has 1 aromatic rings. The number of nitrogens with one attached hydrogen (secondary N) is 2. The van der Waals surface area contributed by atoms with E-state index in [1.807, 2.05) is 27.1 Å². The number of hydrogen-bond donors (Lipinski definition) is 2. The molecule has 0 bridgehead atoms. The van der Waals surface area contributed by atoms with E-state index in [4.69, 9.17) is 9.47 Å². The number of nitrogens with zero attached hydrogens (tertiary/aromatic N) is 3. The summed E-state index contributed by atoms with van der Waals surface area (Å²) in [6.45, 7) is 6.26. The van der Waals surface area contributed by atoms with Crippen LogP contribution in [0.1, 0.15) is 12.7 Å². The number of aromatic nitrogens is 2. The van der Waals surface area contributed by atoms with Crippen molar-refractivity contribution in [1.29, 1.82) is 0 Å². The molecule has 1 rings (SSSR count). The van der Waals surface area contributed by atoms with Gasteiger partial charge in [-0.1, -0.05) is 0 Å². The summed E-state index contributed by atoms with van der Waals surface area (Å²) in [5.41, 5.74) is 0. The second-order valence-electron chi connectivity index (χ2n) is 4.86. The van der Waals surface area contributed by atoms with Crippen molar-refractivity contribution in [3.05, 3.63) is 11.9 Å². The third kappa shape index (κ3) is 7.79. The predicted octanol–water partition coefficient (Wildman–Crippen LogP) is 1.04. The fourth-order valence-electron chi connectivity index (χ4n) is 1.65. The number of hydrogen-bond acceptors (Lipinski definition) is 7. The molecule has 0 spiro atoms. The van der Waals surface area contributed by atoms with Crippen molar-refractivity contribution in [2.75, 3.05) is 64.7 Å². The zero-order chi connectivity index (χ0) is 15.5.